The van der Waals surface area contributed by atoms with Gasteiger partial charge in [-0.05, 0) is 63.4 Å². The predicted molar refractivity (Wildman–Crippen MR) is 181 cm³/mol. The molecule has 0 aliphatic heterocycles. The number of primary sulfonamides is 1. The number of sulfonamides is 1. The van der Waals surface area contributed by atoms with Crippen LogP contribution in [-0.4, -0.2) is 87.2 Å². The van der Waals surface area contributed by atoms with Crippen molar-refractivity contribution in [2.75, 3.05) is 38.2 Å². The van der Waals surface area contributed by atoms with Gasteiger partial charge >= 0.3 is 17.9 Å². The number of hydrogen-bond acceptors (Lipinski definition) is 11. The number of hydrogen-bond donors (Lipinski definition) is 4. The van der Waals surface area contributed by atoms with Crippen LogP contribution >= 0.6 is 0 Å². The van der Waals surface area contributed by atoms with Crippen LogP contribution in [0, 0.1) is 0 Å². The number of nitrogens with zero attached hydrogens (tertiary/aromatic N) is 1. The van der Waals surface area contributed by atoms with Crippen molar-refractivity contribution < 1.29 is 46.9 Å². The molecule has 0 aromatic heterocycles. The van der Waals surface area contributed by atoms with E-state index in [0.717, 1.165) is 16.5 Å². The summed E-state index contributed by atoms with van der Waals surface area (Å²) in [5.74, 6) is -3.19. The number of esters is 2. The Kier molecular flexibility index (Phi) is 14.5. The number of anilines is 1. The lowest BCUT2D eigenvalue weighted by Gasteiger charge is -2.28. The summed E-state index contributed by atoms with van der Waals surface area (Å²) < 4.78 is 41.5. The summed E-state index contributed by atoms with van der Waals surface area (Å²) in [7, 11) is -4.44. The lowest BCUT2D eigenvalue weighted by atomic mass is 10.0. The maximum absolute atomic E-state index is 13.6. The topological polar surface area (TPSA) is 204 Å². The highest BCUT2D eigenvalue weighted by molar-refractivity contribution is 7.89. The van der Waals surface area contributed by atoms with Gasteiger partial charge in [-0.2, -0.15) is 0 Å². The average Bonchev–Trinajstić information content (AvgIpc) is 3.06. The van der Waals surface area contributed by atoms with Crippen molar-refractivity contribution >= 4 is 39.5 Å². The fourth-order valence-electron chi connectivity index (χ4n) is 4.86. The van der Waals surface area contributed by atoms with E-state index in [0.29, 0.717) is 12.8 Å². The molecule has 0 bridgehead atoms. The fraction of sp³-hybridized carbons (Fsp3) is 0.353. The molecule has 0 aliphatic rings. The molecule has 0 unspecified atom stereocenters. The molecule has 5 N–H and O–H groups in total. The molecule has 0 radical (unpaired) electrons. The Labute approximate surface area is 285 Å². The number of nitrogens with one attached hydrogen (secondary N) is 2. The van der Waals surface area contributed by atoms with Gasteiger partial charge in [-0.1, -0.05) is 48.5 Å². The van der Waals surface area contributed by atoms with Gasteiger partial charge in [0.15, 0.2) is 5.75 Å². The second kappa shape index (κ2) is 18.5. The third-order valence-corrected chi connectivity index (χ3v) is 8.04. The number of nitrogens with two attached hydrogens (primary N) is 1. The van der Waals surface area contributed by atoms with Crippen LogP contribution in [0.1, 0.15) is 43.1 Å². The first-order chi connectivity index (χ1) is 23.3. The Bertz CT molecular complexity index is 1690. The third-order valence-electron chi connectivity index (χ3n) is 7.13. The molecule has 3 aromatic carbocycles. The van der Waals surface area contributed by atoms with Gasteiger partial charge in [0.1, 0.15) is 23.2 Å². The first-order valence-corrected chi connectivity index (χ1v) is 17.2. The summed E-state index contributed by atoms with van der Waals surface area (Å²) >= 11 is 0. The number of ether oxygens (including phenoxy) is 3. The Morgan fingerprint density at radius 3 is 2.16 bits per heavy atom. The van der Waals surface area contributed by atoms with E-state index in [1.54, 1.807) is 44.2 Å². The number of amides is 1. The van der Waals surface area contributed by atoms with E-state index in [1.807, 2.05) is 30.3 Å². The van der Waals surface area contributed by atoms with Crippen molar-refractivity contribution in [1.29, 1.82) is 0 Å². The molecule has 15 heteroatoms. The summed E-state index contributed by atoms with van der Waals surface area (Å²) in [5.41, 5.74) is 0.880. The highest BCUT2D eigenvalue weighted by Gasteiger charge is 2.29. The first kappa shape index (κ1) is 38.5. The second-order valence-electron chi connectivity index (χ2n) is 10.8. The molecule has 0 aliphatic carbocycles. The van der Waals surface area contributed by atoms with Crippen molar-refractivity contribution in [3.05, 3.63) is 83.9 Å². The zero-order valence-corrected chi connectivity index (χ0v) is 28.4. The minimum absolute atomic E-state index is 0.0237. The Morgan fingerprint density at radius 2 is 1.57 bits per heavy atom. The van der Waals surface area contributed by atoms with Crippen molar-refractivity contribution in [3.8, 4) is 11.5 Å². The molecule has 0 saturated carbocycles. The smallest absolute Gasteiger partial charge is 0.338 e. The normalized spacial score (nSPS) is 12.3. The summed E-state index contributed by atoms with van der Waals surface area (Å²) in [6.45, 7) is 4.00. The van der Waals surface area contributed by atoms with Crippen LogP contribution in [0.3, 0.4) is 0 Å². The van der Waals surface area contributed by atoms with Crippen LogP contribution in [0.5, 0.6) is 11.5 Å². The molecule has 0 spiro atoms. The number of carboxylic acids is 1. The van der Waals surface area contributed by atoms with E-state index in [1.165, 1.54) is 13.0 Å². The van der Waals surface area contributed by atoms with Gasteiger partial charge in [-0.3, -0.25) is 19.7 Å². The number of aliphatic carboxylic acids is 1. The summed E-state index contributed by atoms with van der Waals surface area (Å²) in [6, 6.07) is 18.3. The number of carboxylic acid groups (broad SMARTS) is 1. The van der Waals surface area contributed by atoms with Gasteiger partial charge in [0.05, 0.1) is 30.5 Å². The van der Waals surface area contributed by atoms with E-state index in [4.69, 9.17) is 19.3 Å². The number of carbonyl (C=O) groups excluding carboxylic acids is 3. The Morgan fingerprint density at radius 1 is 0.939 bits per heavy atom. The SMILES string of the molecule is CCOC(=O)c1cc(NCCN(CC(=O)O)C(=O)[C@H](C)N[C@@H](CCc2ccccc2)C(=O)OCC)c(Oc2ccccc2)c(S(N)(=O)=O)c1. The van der Waals surface area contributed by atoms with Gasteiger partial charge in [-0.15, -0.1) is 0 Å². The Balaban J connectivity index is 1.85. The largest absolute Gasteiger partial charge is 0.480 e. The van der Waals surface area contributed by atoms with Gasteiger partial charge in [0.25, 0.3) is 0 Å². The number of rotatable bonds is 19. The van der Waals surface area contributed by atoms with Gasteiger partial charge in [0.2, 0.25) is 15.9 Å². The minimum Gasteiger partial charge on any atom is -0.480 e. The molecule has 0 fully saturated rings. The van der Waals surface area contributed by atoms with E-state index >= 15 is 0 Å². The molecule has 1 amide bonds. The summed E-state index contributed by atoms with van der Waals surface area (Å²) in [5, 5.41) is 21.1. The molecular weight excluding hydrogens is 656 g/mol. The fourth-order valence-corrected chi connectivity index (χ4v) is 5.56. The lowest BCUT2D eigenvalue weighted by molar-refractivity contribution is -0.148. The molecule has 3 rings (SSSR count). The van der Waals surface area contributed by atoms with Crippen LogP contribution in [0.15, 0.2) is 77.7 Å². The summed E-state index contributed by atoms with van der Waals surface area (Å²) in [4.78, 5) is 51.3. The molecule has 0 heterocycles. The molecule has 14 nitrogen and oxygen atoms in total. The molecule has 49 heavy (non-hydrogen) atoms. The van der Waals surface area contributed by atoms with Crippen LogP contribution < -0.4 is 20.5 Å². The molecule has 0 saturated heterocycles. The highest BCUT2D eigenvalue weighted by atomic mass is 32.2. The van der Waals surface area contributed by atoms with Gasteiger partial charge in [-0.25, -0.2) is 18.4 Å². The van der Waals surface area contributed by atoms with Crippen LogP contribution in [0.4, 0.5) is 5.69 Å². The van der Waals surface area contributed by atoms with E-state index in [2.05, 4.69) is 10.6 Å². The lowest BCUT2D eigenvalue weighted by Crippen LogP contribution is -2.52. The maximum atomic E-state index is 13.6. The van der Waals surface area contributed by atoms with Gasteiger partial charge < -0.3 is 29.5 Å². The quantitative estimate of drug-likeness (QED) is 0.133. The molecule has 2 atom stereocenters. The van der Waals surface area contributed by atoms with Crippen LogP contribution in [0.25, 0.3) is 0 Å². The molecule has 264 valence electrons. The van der Waals surface area contributed by atoms with Crippen molar-refractivity contribution in [3.63, 3.8) is 0 Å². The number of para-hydroxylation sites is 1. The van der Waals surface area contributed by atoms with Crippen molar-refractivity contribution in [1.82, 2.24) is 10.2 Å². The number of aryl methyl sites for hydroxylation is 1. The Hall–Kier alpha value is -4.99. The average molecular weight is 699 g/mol. The monoisotopic (exact) mass is 698 g/mol. The van der Waals surface area contributed by atoms with E-state index < -0.39 is 57.4 Å². The predicted octanol–water partition coefficient (Wildman–Crippen LogP) is 3.17. The van der Waals surface area contributed by atoms with Crippen molar-refractivity contribution in [2.45, 2.75) is 50.6 Å². The molecule has 3 aromatic rings. The number of benzene rings is 3. The molecular formula is C34H42N4O10S. The first-order valence-electron chi connectivity index (χ1n) is 15.7. The van der Waals surface area contributed by atoms with E-state index in [9.17, 15) is 32.7 Å². The van der Waals surface area contributed by atoms with E-state index in [-0.39, 0.29) is 49.1 Å². The maximum Gasteiger partial charge on any atom is 0.338 e. The highest BCUT2D eigenvalue weighted by Crippen LogP contribution is 2.37. The van der Waals surface area contributed by atoms with Crippen molar-refractivity contribution in [2.24, 2.45) is 5.14 Å². The summed E-state index contributed by atoms with van der Waals surface area (Å²) in [6.07, 6.45) is 0.855. The number of carbonyl (C=O) groups is 4. The van der Waals surface area contributed by atoms with Crippen LogP contribution in [-0.2, 0) is 40.3 Å². The minimum atomic E-state index is -4.44. The zero-order valence-electron chi connectivity index (χ0n) is 27.6. The van der Waals surface area contributed by atoms with Crippen LogP contribution in [0.2, 0.25) is 0 Å². The zero-order chi connectivity index (χ0) is 36.0. The van der Waals surface area contributed by atoms with Gasteiger partial charge in [0, 0.05) is 13.1 Å². The second-order valence-corrected chi connectivity index (χ2v) is 12.4. The standard InChI is InChI=1S/C34H42N4O10S/c1-4-46-33(42)25-20-28(31(29(21-25)49(35,44)45)48-26-14-10-7-11-15-26)36-18-19-38(22-30(39)40)32(41)23(3)37-27(34(43)47-5-2)17-16-24-12-8-6-9-13-24/h6-15,20-21,23,27,36-37H,4-5,16-19,22H2,1-3H3,(H,39,40)(H2,35,44,45)/t23-,27-/m0/s1. The third kappa shape index (κ3) is 11.9.